The SMILES string of the molecule is O=C(COC(=O)c1ccc(NC(=O)c2cccs2)cc1)Nc1cc(Cl)ccc1-n1cncn1. The molecule has 0 atom stereocenters. The summed E-state index contributed by atoms with van der Waals surface area (Å²) in [6.07, 6.45) is 2.84. The molecule has 2 aromatic carbocycles. The average Bonchev–Trinajstić information content (AvgIpc) is 3.53. The topological polar surface area (TPSA) is 115 Å². The minimum atomic E-state index is -0.677. The second-order valence-electron chi connectivity index (χ2n) is 6.63. The number of hydrogen-bond acceptors (Lipinski definition) is 7. The number of aromatic nitrogens is 3. The van der Waals surface area contributed by atoms with Crippen LogP contribution in [-0.2, 0) is 9.53 Å². The maximum absolute atomic E-state index is 12.3. The molecule has 0 aliphatic heterocycles. The molecule has 4 aromatic rings. The number of carbonyl (C=O) groups excluding carboxylic acids is 3. The van der Waals surface area contributed by atoms with E-state index in [-0.39, 0.29) is 11.5 Å². The van der Waals surface area contributed by atoms with Gasteiger partial charge in [-0.2, -0.15) is 5.10 Å². The van der Waals surface area contributed by atoms with Gasteiger partial charge < -0.3 is 15.4 Å². The molecule has 4 rings (SSSR count). The predicted molar refractivity (Wildman–Crippen MR) is 124 cm³/mol. The molecule has 0 saturated carbocycles. The number of hydrogen-bond donors (Lipinski definition) is 2. The van der Waals surface area contributed by atoms with Crippen molar-refractivity contribution < 1.29 is 19.1 Å². The third-order valence-corrected chi connectivity index (χ3v) is 5.46. The minimum Gasteiger partial charge on any atom is -0.452 e. The summed E-state index contributed by atoms with van der Waals surface area (Å²) in [6.45, 7) is -0.501. The quantitative estimate of drug-likeness (QED) is 0.385. The first-order valence-corrected chi connectivity index (χ1v) is 10.8. The normalized spacial score (nSPS) is 10.5. The number of thiophene rings is 1. The maximum Gasteiger partial charge on any atom is 0.338 e. The van der Waals surface area contributed by atoms with E-state index in [1.54, 1.807) is 42.5 Å². The highest BCUT2D eigenvalue weighted by Crippen LogP contribution is 2.24. The summed E-state index contributed by atoms with van der Waals surface area (Å²) in [6, 6.07) is 14.6. The summed E-state index contributed by atoms with van der Waals surface area (Å²) in [7, 11) is 0. The minimum absolute atomic E-state index is 0.233. The molecule has 0 saturated heterocycles. The Bertz CT molecular complexity index is 1270. The highest BCUT2D eigenvalue weighted by Gasteiger charge is 2.14. The van der Waals surface area contributed by atoms with Crippen molar-refractivity contribution in [3.8, 4) is 5.69 Å². The smallest absolute Gasteiger partial charge is 0.338 e. The molecule has 166 valence electrons. The zero-order chi connectivity index (χ0) is 23.2. The van der Waals surface area contributed by atoms with Crippen LogP contribution in [0.3, 0.4) is 0 Å². The number of benzene rings is 2. The second-order valence-corrected chi connectivity index (χ2v) is 8.02. The molecule has 0 unspecified atom stereocenters. The van der Waals surface area contributed by atoms with E-state index in [0.717, 1.165) is 0 Å². The summed E-state index contributed by atoms with van der Waals surface area (Å²) >= 11 is 7.36. The molecular formula is C22H16ClN5O4S. The van der Waals surface area contributed by atoms with Gasteiger partial charge in [-0.1, -0.05) is 17.7 Å². The Balaban J connectivity index is 1.33. The summed E-state index contributed by atoms with van der Waals surface area (Å²) in [4.78, 5) is 41.2. The Morgan fingerprint density at radius 3 is 2.58 bits per heavy atom. The lowest BCUT2D eigenvalue weighted by Gasteiger charge is -2.12. The van der Waals surface area contributed by atoms with E-state index in [1.165, 1.54) is 40.8 Å². The Morgan fingerprint density at radius 2 is 1.88 bits per heavy atom. The van der Waals surface area contributed by atoms with Crippen LogP contribution in [0.1, 0.15) is 20.0 Å². The Hall–Kier alpha value is -4.02. The standard InChI is InChI=1S/C22H16ClN5O4S/c23-15-5-8-18(28-13-24-12-25-28)17(10-15)27-20(29)11-32-22(31)14-3-6-16(7-4-14)26-21(30)19-2-1-9-33-19/h1-10,12-13H,11H2,(H,26,30)(H,27,29). The zero-order valence-corrected chi connectivity index (χ0v) is 18.5. The van der Waals surface area contributed by atoms with Crippen LogP contribution in [0.4, 0.5) is 11.4 Å². The van der Waals surface area contributed by atoms with E-state index < -0.39 is 18.5 Å². The van der Waals surface area contributed by atoms with Crippen molar-refractivity contribution in [1.29, 1.82) is 0 Å². The van der Waals surface area contributed by atoms with Gasteiger partial charge >= 0.3 is 5.97 Å². The van der Waals surface area contributed by atoms with Gasteiger partial charge in [-0.25, -0.2) is 14.5 Å². The lowest BCUT2D eigenvalue weighted by molar-refractivity contribution is -0.119. The molecule has 0 aliphatic rings. The molecule has 11 heteroatoms. The first-order chi connectivity index (χ1) is 16.0. The molecule has 33 heavy (non-hydrogen) atoms. The third kappa shape index (κ3) is 5.62. The monoisotopic (exact) mass is 481 g/mol. The van der Waals surface area contributed by atoms with Gasteiger partial charge in [0.25, 0.3) is 11.8 Å². The van der Waals surface area contributed by atoms with E-state index >= 15 is 0 Å². The van der Waals surface area contributed by atoms with Crippen LogP contribution in [0.5, 0.6) is 0 Å². The van der Waals surface area contributed by atoms with Gasteiger partial charge in [0, 0.05) is 10.7 Å². The number of nitrogens with one attached hydrogen (secondary N) is 2. The Labute approximate surface area is 197 Å². The number of amides is 2. The second kappa shape index (κ2) is 10.1. The number of halogens is 1. The highest BCUT2D eigenvalue weighted by atomic mass is 35.5. The third-order valence-electron chi connectivity index (χ3n) is 4.36. The summed E-state index contributed by atoms with van der Waals surface area (Å²) in [5.41, 5.74) is 1.71. The molecule has 0 aliphatic carbocycles. The average molecular weight is 482 g/mol. The Kier molecular flexibility index (Phi) is 6.77. The number of nitrogens with zero attached hydrogens (tertiary/aromatic N) is 3. The van der Waals surface area contributed by atoms with E-state index in [2.05, 4.69) is 20.7 Å². The molecule has 2 N–H and O–H groups in total. The predicted octanol–water partition coefficient (Wildman–Crippen LogP) is 4.03. The molecule has 0 radical (unpaired) electrons. The summed E-state index contributed by atoms with van der Waals surface area (Å²) < 4.78 is 6.57. The first kappa shape index (κ1) is 22.2. The van der Waals surface area contributed by atoms with Gasteiger partial charge in [0.2, 0.25) is 0 Å². The molecule has 2 amide bonds. The van der Waals surface area contributed by atoms with Crippen LogP contribution in [0, 0.1) is 0 Å². The van der Waals surface area contributed by atoms with Gasteiger partial charge in [-0.3, -0.25) is 9.59 Å². The molecule has 0 spiro atoms. The number of ether oxygens (including phenoxy) is 1. The lowest BCUT2D eigenvalue weighted by Crippen LogP contribution is -2.21. The van der Waals surface area contributed by atoms with Crippen molar-refractivity contribution >= 4 is 52.1 Å². The van der Waals surface area contributed by atoms with Crippen LogP contribution in [0.2, 0.25) is 5.02 Å². The lowest BCUT2D eigenvalue weighted by atomic mass is 10.2. The van der Waals surface area contributed by atoms with Crippen molar-refractivity contribution in [2.45, 2.75) is 0 Å². The van der Waals surface area contributed by atoms with Gasteiger partial charge in [0.1, 0.15) is 12.7 Å². The van der Waals surface area contributed by atoms with Crippen molar-refractivity contribution in [3.63, 3.8) is 0 Å². The highest BCUT2D eigenvalue weighted by molar-refractivity contribution is 7.12. The zero-order valence-electron chi connectivity index (χ0n) is 16.9. The van der Waals surface area contributed by atoms with E-state index in [4.69, 9.17) is 16.3 Å². The van der Waals surface area contributed by atoms with Crippen LogP contribution < -0.4 is 10.6 Å². The van der Waals surface area contributed by atoms with Gasteiger partial charge in [0.05, 0.1) is 21.8 Å². The van der Waals surface area contributed by atoms with Crippen molar-refractivity contribution in [1.82, 2.24) is 14.8 Å². The van der Waals surface area contributed by atoms with E-state index in [9.17, 15) is 14.4 Å². The van der Waals surface area contributed by atoms with Crippen molar-refractivity contribution in [3.05, 3.63) is 88.1 Å². The Morgan fingerprint density at radius 1 is 1.06 bits per heavy atom. The van der Waals surface area contributed by atoms with Crippen molar-refractivity contribution in [2.24, 2.45) is 0 Å². The van der Waals surface area contributed by atoms with Gasteiger partial charge in [0.15, 0.2) is 6.61 Å². The molecule has 2 aromatic heterocycles. The van der Waals surface area contributed by atoms with Crippen LogP contribution in [-0.4, -0.2) is 39.2 Å². The van der Waals surface area contributed by atoms with Gasteiger partial charge in [-0.05, 0) is 53.9 Å². The fourth-order valence-electron chi connectivity index (χ4n) is 2.83. The number of anilines is 2. The number of carbonyl (C=O) groups is 3. The maximum atomic E-state index is 12.3. The molecule has 2 heterocycles. The molecule has 0 fully saturated rings. The van der Waals surface area contributed by atoms with E-state index in [1.807, 2.05) is 5.38 Å². The summed E-state index contributed by atoms with van der Waals surface area (Å²) in [5.74, 6) is -1.46. The molecular weight excluding hydrogens is 466 g/mol. The fourth-order valence-corrected chi connectivity index (χ4v) is 3.62. The van der Waals surface area contributed by atoms with Crippen LogP contribution in [0.15, 0.2) is 72.6 Å². The van der Waals surface area contributed by atoms with Crippen LogP contribution in [0.25, 0.3) is 5.69 Å². The molecule has 9 nitrogen and oxygen atoms in total. The van der Waals surface area contributed by atoms with Crippen molar-refractivity contribution in [2.75, 3.05) is 17.2 Å². The molecule has 0 bridgehead atoms. The van der Waals surface area contributed by atoms with Crippen LogP contribution >= 0.6 is 22.9 Å². The first-order valence-electron chi connectivity index (χ1n) is 9.56. The number of rotatable bonds is 7. The van der Waals surface area contributed by atoms with Gasteiger partial charge in [-0.15, -0.1) is 11.3 Å². The summed E-state index contributed by atoms with van der Waals surface area (Å²) in [5, 5.41) is 11.7. The number of esters is 1. The largest absolute Gasteiger partial charge is 0.452 e. The van der Waals surface area contributed by atoms with E-state index in [0.29, 0.717) is 27.0 Å². The fraction of sp³-hybridized carbons (Fsp3) is 0.0455.